The summed E-state index contributed by atoms with van der Waals surface area (Å²) in [4.78, 5) is 11.3. The zero-order valence-electron chi connectivity index (χ0n) is 10.4. The van der Waals surface area contributed by atoms with Gasteiger partial charge in [0, 0.05) is 5.56 Å². The summed E-state index contributed by atoms with van der Waals surface area (Å²) in [5.74, 6) is -0.548. The molecular weight excluding hydrogens is 235 g/mol. The van der Waals surface area contributed by atoms with Crippen LogP contribution in [-0.2, 0) is 20.9 Å². The third kappa shape index (κ3) is 2.88. The molecule has 0 aliphatic heterocycles. The van der Waals surface area contributed by atoms with Gasteiger partial charge in [-0.25, -0.2) is 4.39 Å². The van der Waals surface area contributed by atoms with Crippen molar-refractivity contribution in [1.29, 1.82) is 0 Å². The number of rotatable bonds is 5. The van der Waals surface area contributed by atoms with E-state index in [9.17, 15) is 9.18 Å². The summed E-state index contributed by atoms with van der Waals surface area (Å²) in [6.45, 7) is 0.198. The van der Waals surface area contributed by atoms with Gasteiger partial charge in [0.15, 0.2) is 0 Å². The predicted octanol–water partition coefficient (Wildman–Crippen LogP) is 2.83. The fourth-order valence-electron chi connectivity index (χ4n) is 2.12. The maximum atomic E-state index is 13.4. The molecule has 3 nitrogen and oxygen atoms in total. The summed E-state index contributed by atoms with van der Waals surface area (Å²) in [5, 5.41) is 0. The lowest BCUT2D eigenvalue weighted by atomic mass is 9.77. The number of hydrogen-bond donors (Lipinski definition) is 0. The van der Waals surface area contributed by atoms with E-state index >= 15 is 0 Å². The minimum atomic E-state index is -0.449. The highest BCUT2D eigenvalue weighted by atomic mass is 19.1. The van der Waals surface area contributed by atoms with Crippen molar-refractivity contribution in [1.82, 2.24) is 0 Å². The second kappa shape index (κ2) is 5.48. The van der Waals surface area contributed by atoms with Gasteiger partial charge in [-0.2, -0.15) is 0 Å². The van der Waals surface area contributed by atoms with Crippen LogP contribution in [0.1, 0.15) is 31.2 Å². The zero-order chi connectivity index (χ0) is 13.0. The van der Waals surface area contributed by atoms with Gasteiger partial charge in [-0.05, 0) is 25.3 Å². The molecule has 0 radical (unpaired) electrons. The van der Waals surface area contributed by atoms with E-state index in [4.69, 9.17) is 4.74 Å². The summed E-state index contributed by atoms with van der Waals surface area (Å²) in [5.41, 5.74) is 0.0729. The van der Waals surface area contributed by atoms with Gasteiger partial charge in [0.05, 0.1) is 25.7 Å². The van der Waals surface area contributed by atoms with Crippen LogP contribution in [0.25, 0.3) is 0 Å². The molecule has 1 aliphatic carbocycles. The minimum absolute atomic E-state index is 0.198. The van der Waals surface area contributed by atoms with Crippen LogP contribution in [0.3, 0.4) is 0 Å². The monoisotopic (exact) mass is 252 g/mol. The van der Waals surface area contributed by atoms with E-state index in [0.717, 1.165) is 19.3 Å². The molecule has 0 aromatic heterocycles. The molecule has 18 heavy (non-hydrogen) atoms. The van der Waals surface area contributed by atoms with Crippen LogP contribution in [0.4, 0.5) is 4.39 Å². The predicted molar refractivity (Wildman–Crippen MR) is 64.4 cm³/mol. The van der Waals surface area contributed by atoms with E-state index in [1.54, 1.807) is 18.2 Å². The fraction of sp³-hybridized carbons (Fsp3) is 0.500. The second-order valence-corrected chi connectivity index (χ2v) is 4.67. The normalized spacial score (nSPS) is 17.0. The van der Waals surface area contributed by atoms with Crippen molar-refractivity contribution in [2.75, 3.05) is 7.11 Å². The molecule has 0 atom stereocenters. The van der Waals surface area contributed by atoms with Crippen LogP contribution in [-0.4, -0.2) is 18.7 Å². The first-order valence-corrected chi connectivity index (χ1v) is 6.09. The number of carbonyl (C=O) groups excluding carboxylic acids is 1. The highest BCUT2D eigenvalue weighted by Crippen LogP contribution is 2.39. The molecule has 0 bridgehead atoms. The van der Waals surface area contributed by atoms with Crippen molar-refractivity contribution in [2.24, 2.45) is 0 Å². The number of hydrogen-bond acceptors (Lipinski definition) is 3. The molecule has 0 N–H and O–H groups in total. The van der Waals surface area contributed by atoms with Crippen LogP contribution in [0.2, 0.25) is 0 Å². The SMILES string of the molecule is COC(=O)CC1(OCc2ccccc2F)CCC1. The summed E-state index contributed by atoms with van der Waals surface area (Å²) in [6, 6.07) is 6.52. The van der Waals surface area contributed by atoms with Crippen molar-refractivity contribution in [3.05, 3.63) is 35.6 Å². The first-order valence-electron chi connectivity index (χ1n) is 6.09. The molecule has 0 amide bonds. The fourth-order valence-corrected chi connectivity index (χ4v) is 2.12. The molecule has 1 aromatic rings. The standard InChI is InChI=1S/C14H17FO3/c1-17-13(16)9-14(7-4-8-14)18-10-11-5-2-3-6-12(11)15/h2-3,5-6H,4,7-10H2,1H3. The van der Waals surface area contributed by atoms with Crippen LogP contribution in [0.15, 0.2) is 24.3 Å². The quantitative estimate of drug-likeness (QED) is 0.756. The van der Waals surface area contributed by atoms with E-state index in [1.807, 2.05) is 0 Å². The Labute approximate surface area is 106 Å². The first-order chi connectivity index (χ1) is 8.65. The number of esters is 1. The number of ether oxygens (including phenoxy) is 2. The van der Waals surface area contributed by atoms with Crippen molar-refractivity contribution in [2.45, 2.75) is 37.9 Å². The molecule has 2 rings (SSSR count). The molecule has 0 heterocycles. The van der Waals surface area contributed by atoms with Gasteiger partial charge in [0.25, 0.3) is 0 Å². The van der Waals surface area contributed by atoms with Crippen LogP contribution in [0.5, 0.6) is 0 Å². The Kier molecular flexibility index (Phi) is 3.97. The van der Waals surface area contributed by atoms with Gasteiger partial charge in [0.1, 0.15) is 5.82 Å². The summed E-state index contributed by atoms with van der Waals surface area (Å²) in [6.07, 6.45) is 2.94. The van der Waals surface area contributed by atoms with E-state index in [1.165, 1.54) is 13.2 Å². The Balaban J connectivity index is 1.95. The average molecular weight is 252 g/mol. The maximum Gasteiger partial charge on any atom is 0.308 e. The average Bonchev–Trinajstić information content (AvgIpc) is 2.34. The van der Waals surface area contributed by atoms with Gasteiger partial charge in [-0.15, -0.1) is 0 Å². The topological polar surface area (TPSA) is 35.5 Å². The van der Waals surface area contributed by atoms with E-state index in [-0.39, 0.29) is 24.8 Å². The molecule has 98 valence electrons. The van der Waals surface area contributed by atoms with Gasteiger partial charge < -0.3 is 9.47 Å². The molecule has 4 heteroatoms. The molecule has 1 fully saturated rings. The lowest BCUT2D eigenvalue weighted by molar-refractivity contribution is -0.159. The minimum Gasteiger partial charge on any atom is -0.469 e. The van der Waals surface area contributed by atoms with Crippen LogP contribution >= 0.6 is 0 Å². The molecule has 1 saturated carbocycles. The summed E-state index contributed by atoms with van der Waals surface area (Å²) in [7, 11) is 1.37. The van der Waals surface area contributed by atoms with Crippen LogP contribution in [0, 0.1) is 5.82 Å². The van der Waals surface area contributed by atoms with Gasteiger partial charge in [-0.1, -0.05) is 18.2 Å². The van der Waals surface area contributed by atoms with Crippen molar-refractivity contribution in [3.8, 4) is 0 Å². The number of halogens is 1. The third-order valence-corrected chi connectivity index (χ3v) is 3.45. The van der Waals surface area contributed by atoms with Crippen molar-refractivity contribution < 1.29 is 18.7 Å². The Morgan fingerprint density at radius 2 is 2.11 bits per heavy atom. The molecular formula is C14H17FO3. The Morgan fingerprint density at radius 1 is 1.39 bits per heavy atom. The highest BCUT2D eigenvalue weighted by Gasteiger charge is 2.40. The highest BCUT2D eigenvalue weighted by molar-refractivity contribution is 5.70. The number of methoxy groups -OCH3 is 1. The second-order valence-electron chi connectivity index (χ2n) is 4.67. The van der Waals surface area contributed by atoms with E-state index in [2.05, 4.69) is 4.74 Å². The Bertz CT molecular complexity index is 427. The molecule has 0 spiro atoms. The number of benzene rings is 1. The third-order valence-electron chi connectivity index (χ3n) is 3.45. The first kappa shape index (κ1) is 13.0. The van der Waals surface area contributed by atoms with Gasteiger partial charge in [-0.3, -0.25) is 4.79 Å². The summed E-state index contributed by atoms with van der Waals surface area (Å²) < 4.78 is 23.9. The summed E-state index contributed by atoms with van der Waals surface area (Å²) >= 11 is 0. The smallest absolute Gasteiger partial charge is 0.308 e. The van der Waals surface area contributed by atoms with Gasteiger partial charge >= 0.3 is 5.97 Å². The zero-order valence-corrected chi connectivity index (χ0v) is 10.4. The van der Waals surface area contributed by atoms with Crippen LogP contribution < -0.4 is 0 Å². The molecule has 1 aliphatic rings. The Morgan fingerprint density at radius 3 is 2.67 bits per heavy atom. The van der Waals surface area contributed by atoms with Crippen molar-refractivity contribution in [3.63, 3.8) is 0 Å². The van der Waals surface area contributed by atoms with E-state index < -0.39 is 5.60 Å². The largest absolute Gasteiger partial charge is 0.469 e. The molecule has 0 unspecified atom stereocenters. The van der Waals surface area contributed by atoms with E-state index in [0.29, 0.717) is 5.56 Å². The lowest BCUT2D eigenvalue weighted by Gasteiger charge is -2.40. The maximum absolute atomic E-state index is 13.4. The molecule has 1 aromatic carbocycles. The van der Waals surface area contributed by atoms with Crippen molar-refractivity contribution >= 4 is 5.97 Å². The lowest BCUT2D eigenvalue weighted by Crippen LogP contribution is -2.42. The van der Waals surface area contributed by atoms with Gasteiger partial charge in [0.2, 0.25) is 0 Å². The molecule has 0 saturated heterocycles. The Hall–Kier alpha value is -1.42. The number of carbonyl (C=O) groups is 1.